The first-order chi connectivity index (χ1) is 6.98. The van der Waals surface area contributed by atoms with Crippen molar-refractivity contribution in [3.05, 3.63) is 0 Å². The lowest BCUT2D eigenvalue weighted by Gasteiger charge is -2.43. The maximum absolute atomic E-state index is 11.3. The number of hydrogen-bond acceptors (Lipinski definition) is 3. The zero-order chi connectivity index (χ0) is 11.5. The lowest BCUT2D eigenvalue weighted by molar-refractivity contribution is 0.0998. The summed E-state index contributed by atoms with van der Waals surface area (Å²) in [6.45, 7) is 9.27. The Morgan fingerprint density at radius 3 is 2.33 bits per heavy atom. The van der Waals surface area contributed by atoms with Gasteiger partial charge in [-0.1, -0.05) is 13.8 Å². The van der Waals surface area contributed by atoms with E-state index in [4.69, 9.17) is 5.73 Å². The van der Waals surface area contributed by atoms with E-state index in [0.717, 1.165) is 31.0 Å². The minimum absolute atomic E-state index is 0.0960. The zero-order valence-electron chi connectivity index (χ0n) is 10.2. The molecule has 1 aliphatic heterocycles. The Labute approximate surface area is 95.9 Å². The molecule has 0 amide bonds. The molecule has 0 aliphatic carbocycles. The summed E-state index contributed by atoms with van der Waals surface area (Å²) in [5, 5.41) is 0. The molecular weight excluding hydrogens is 208 g/mol. The second-order valence-electron chi connectivity index (χ2n) is 5.13. The summed E-state index contributed by atoms with van der Waals surface area (Å²) in [5.74, 6) is 2.28. The zero-order valence-corrected chi connectivity index (χ0v) is 11.0. The van der Waals surface area contributed by atoms with E-state index in [1.165, 1.54) is 0 Å². The Morgan fingerprint density at radius 1 is 1.40 bits per heavy atom. The lowest BCUT2D eigenvalue weighted by Crippen LogP contribution is -2.56. The standard InChI is InChI=1S/C11H24N2OS/c1-10(2)8-11(3,9-12)13-4-6-15(14)7-5-13/h10H,4-9,12H2,1-3H3. The van der Waals surface area contributed by atoms with Crippen molar-refractivity contribution in [1.82, 2.24) is 4.90 Å². The van der Waals surface area contributed by atoms with Crippen LogP contribution in [0.15, 0.2) is 0 Å². The van der Waals surface area contributed by atoms with E-state index in [2.05, 4.69) is 25.7 Å². The van der Waals surface area contributed by atoms with Crippen molar-refractivity contribution < 1.29 is 4.21 Å². The average Bonchev–Trinajstić information content (AvgIpc) is 2.17. The molecule has 1 unspecified atom stereocenters. The molecule has 0 aromatic rings. The Balaban J connectivity index is 2.60. The van der Waals surface area contributed by atoms with Crippen LogP contribution in [0.1, 0.15) is 27.2 Å². The van der Waals surface area contributed by atoms with Gasteiger partial charge in [-0.3, -0.25) is 9.11 Å². The van der Waals surface area contributed by atoms with Gasteiger partial charge in [-0.2, -0.15) is 0 Å². The van der Waals surface area contributed by atoms with Crippen LogP contribution in [0, 0.1) is 5.92 Å². The van der Waals surface area contributed by atoms with Crippen LogP contribution in [0.3, 0.4) is 0 Å². The number of nitrogens with zero attached hydrogens (tertiary/aromatic N) is 1. The normalized spacial score (nSPS) is 24.3. The Morgan fingerprint density at radius 2 is 1.93 bits per heavy atom. The molecule has 1 rings (SSSR count). The third-order valence-corrected chi connectivity index (χ3v) is 4.50. The number of nitrogens with two attached hydrogens (primary N) is 1. The molecule has 4 heteroatoms. The predicted molar refractivity (Wildman–Crippen MR) is 66.4 cm³/mol. The fourth-order valence-corrected chi connectivity index (χ4v) is 3.45. The third kappa shape index (κ3) is 3.54. The third-order valence-electron chi connectivity index (χ3n) is 3.23. The van der Waals surface area contributed by atoms with Crippen LogP contribution in [-0.2, 0) is 10.8 Å². The molecule has 15 heavy (non-hydrogen) atoms. The first-order valence-electron chi connectivity index (χ1n) is 5.78. The molecule has 0 bridgehead atoms. The van der Waals surface area contributed by atoms with Crippen LogP contribution in [0.25, 0.3) is 0 Å². The number of hydrogen-bond donors (Lipinski definition) is 1. The van der Waals surface area contributed by atoms with Gasteiger partial charge in [0, 0.05) is 47.5 Å². The van der Waals surface area contributed by atoms with Gasteiger partial charge < -0.3 is 5.73 Å². The van der Waals surface area contributed by atoms with Gasteiger partial charge in [-0.15, -0.1) is 0 Å². The Hall–Kier alpha value is 0.0700. The van der Waals surface area contributed by atoms with E-state index in [9.17, 15) is 4.21 Å². The van der Waals surface area contributed by atoms with Crippen molar-refractivity contribution in [2.45, 2.75) is 32.7 Å². The molecule has 0 saturated carbocycles. The molecule has 0 spiro atoms. The van der Waals surface area contributed by atoms with Crippen molar-refractivity contribution in [1.29, 1.82) is 0 Å². The lowest BCUT2D eigenvalue weighted by atomic mass is 9.89. The van der Waals surface area contributed by atoms with E-state index in [-0.39, 0.29) is 5.54 Å². The van der Waals surface area contributed by atoms with Crippen LogP contribution in [-0.4, -0.2) is 45.8 Å². The number of rotatable bonds is 4. The van der Waals surface area contributed by atoms with Crippen LogP contribution in [0.4, 0.5) is 0 Å². The van der Waals surface area contributed by atoms with Crippen molar-refractivity contribution in [2.24, 2.45) is 11.7 Å². The van der Waals surface area contributed by atoms with Crippen LogP contribution in [0.2, 0.25) is 0 Å². The highest BCUT2D eigenvalue weighted by molar-refractivity contribution is 7.85. The summed E-state index contributed by atoms with van der Waals surface area (Å²) in [6.07, 6.45) is 1.12. The van der Waals surface area contributed by atoms with Crippen LogP contribution in [0.5, 0.6) is 0 Å². The van der Waals surface area contributed by atoms with Gasteiger partial charge >= 0.3 is 0 Å². The SMILES string of the molecule is CC(C)CC(C)(CN)N1CCS(=O)CC1. The monoisotopic (exact) mass is 232 g/mol. The van der Waals surface area contributed by atoms with E-state index in [1.54, 1.807) is 0 Å². The fraction of sp³-hybridized carbons (Fsp3) is 1.00. The summed E-state index contributed by atoms with van der Waals surface area (Å²) in [6, 6.07) is 0. The topological polar surface area (TPSA) is 46.3 Å². The summed E-state index contributed by atoms with van der Waals surface area (Å²) in [5.41, 5.74) is 6.00. The second kappa shape index (κ2) is 5.41. The molecule has 2 N–H and O–H groups in total. The Kier molecular flexibility index (Phi) is 4.74. The van der Waals surface area contributed by atoms with Gasteiger partial charge in [-0.25, -0.2) is 0 Å². The van der Waals surface area contributed by atoms with Crippen molar-refractivity contribution in [2.75, 3.05) is 31.1 Å². The molecule has 0 aromatic carbocycles. The smallest absolute Gasteiger partial charge is 0.0363 e. The molecule has 1 heterocycles. The van der Waals surface area contributed by atoms with Gasteiger partial charge in [0.25, 0.3) is 0 Å². The molecule has 1 fully saturated rings. The molecule has 0 aromatic heterocycles. The van der Waals surface area contributed by atoms with Crippen molar-refractivity contribution in [3.8, 4) is 0 Å². The van der Waals surface area contributed by atoms with Crippen molar-refractivity contribution in [3.63, 3.8) is 0 Å². The molecule has 1 aliphatic rings. The van der Waals surface area contributed by atoms with E-state index < -0.39 is 10.8 Å². The Bertz CT molecular complexity index is 223. The quantitative estimate of drug-likeness (QED) is 0.780. The highest BCUT2D eigenvalue weighted by atomic mass is 32.2. The van der Waals surface area contributed by atoms with E-state index in [1.807, 2.05) is 0 Å². The first kappa shape index (κ1) is 13.1. The molecule has 1 atom stereocenters. The average molecular weight is 232 g/mol. The highest BCUT2D eigenvalue weighted by Crippen LogP contribution is 2.24. The van der Waals surface area contributed by atoms with Crippen LogP contribution >= 0.6 is 0 Å². The summed E-state index contributed by atoms with van der Waals surface area (Å²) >= 11 is 0. The van der Waals surface area contributed by atoms with Gasteiger partial charge in [0.15, 0.2) is 0 Å². The van der Waals surface area contributed by atoms with Gasteiger partial charge in [0.05, 0.1) is 0 Å². The summed E-state index contributed by atoms with van der Waals surface area (Å²) in [7, 11) is -0.593. The van der Waals surface area contributed by atoms with Crippen molar-refractivity contribution >= 4 is 10.8 Å². The minimum Gasteiger partial charge on any atom is -0.329 e. The molecular formula is C11H24N2OS. The molecule has 1 saturated heterocycles. The maximum Gasteiger partial charge on any atom is 0.0363 e. The largest absolute Gasteiger partial charge is 0.329 e. The maximum atomic E-state index is 11.3. The molecule has 0 radical (unpaired) electrons. The van der Waals surface area contributed by atoms with Crippen LogP contribution < -0.4 is 5.73 Å². The molecule has 3 nitrogen and oxygen atoms in total. The second-order valence-corrected chi connectivity index (χ2v) is 6.83. The first-order valence-corrected chi connectivity index (χ1v) is 7.27. The van der Waals surface area contributed by atoms with Gasteiger partial charge in [0.1, 0.15) is 0 Å². The van der Waals surface area contributed by atoms with E-state index in [0.29, 0.717) is 12.5 Å². The van der Waals surface area contributed by atoms with E-state index >= 15 is 0 Å². The summed E-state index contributed by atoms with van der Waals surface area (Å²) < 4.78 is 11.3. The van der Waals surface area contributed by atoms with Gasteiger partial charge in [0.2, 0.25) is 0 Å². The van der Waals surface area contributed by atoms with Gasteiger partial charge in [-0.05, 0) is 19.3 Å². The fourth-order valence-electron chi connectivity index (χ4n) is 2.40. The minimum atomic E-state index is -0.593. The predicted octanol–water partition coefficient (Wildman–Crippen LogP) is 0.814. The summed E-state index contributed by atoms with van der Waals surface area (Å²) in [4.78, 5) is 2.42. The molecule has 90 valence electrons. The highest BCUT2D eigenvalue weighted by Gasteiger charge is 2.33.